The van der Waals surface area contributed by atoms with Crippen molar-refractivity contribution in [3.05, 3.63) is 23.8 Å². The minimum Gasteiger partial charge on any atom is -0.495 e. The van der Waals surface area contributed by atoms with E-state index in [1.54, 1.807) is 7.11 Å². The Hall–Kier alpha value is -1.22. The van der Waals surface area contributed by atoms with Crippen molar-refractivity contribution in [3.63, 3.8) is 0 Å². The summed E-state index contributed by atoms with van der Waals surface area (Å²) in [5.74, 6) is 1.71. The van der Waals surface area contributed by atoms with Crippen molar-refractivity contribution >= 4 is 5.69 Å². The largest absolute Gasteiger partial charge is 0.495 e. The molecule has 1 aliphatic rings. The molecule has 1 aromatic rings. The molecule has 3 heteroatoms. The van der Waals surface area contributed by atoms with Gasteiger partial charge in [0.05, 0.1) is 12.8 Å². The molecule has 0 aliphatic carbocycles. The number of benzene rings is 1. The molecule has 1 fully saturated rings. The second kappa shape index (κ2) is 7.17. The molecular formula is C18H30N2O. The van der Waals surface area contributed by atoms with Crippen LogP contribution in [-0.4, -0.2) is 32.3 Å². The normalized spacial score (nSPS) is 22.7. The summed E-state index contributed by atoms with van der Waals surface area (Å²) >= 11 is 0. The molecule has 1 aliphatic heterocycles. The minimum atomic E-state index is 0.545. The predicted octanol–water partition coefficient (Wildman–Crippen LogP) is 3.61. The molecule has 0 spiro atoms. The highest BCUT2D eigenvalue weighted by Crippen LogP contribution is 2.33. The monoisotopic (exact) mass is 290 g/mol. The topological polar surface area (TPSA) is 24.5 Å². The second-order valence-corrected chi connectivity index (χ2v) is 6.62. The van der Waals surface area contributed by atoms with Crippen LogP contribution in [0.3, 0.4) is 0 Å². The molecule has 0 bridgehead atoms. The van der Waals surface area contributed by atoms with Gasteiger partial charge in [-0.3, -0.25) is 0 Å². The molecule has 2 atom stereocenters. The van der Waals surface area contributed by atoms with Gasteiger partial charge in [-0.1, -0.05) is 26.8 Å². The third-order valence-corrected chi connectivity index (χ3v) is 4.37. The van der Waals surface area contributed by atoms with Crippen LogP contribution in [0.15, 0.2) is 18.2 Å². The molecule has 0 saturated carbocycles. The van der Waals surface area contributed by atoms with Crippen molar-refractivity contribution in [1.29, 1.82) is 0 Å². The van der Waals surface area contributed by atoms with E-state index in [9.17, 15) is 0 Å². The van der Waals surface area contributed by atoms with Gasteiger partial charge in [0.2, 0.25) is 0 Å². The summed E-state index contributed by atoms with van der Waals surface area (Å²) in [6, 6.07) is 7.59. The molecule has 1 saturated heterocycles. The summed E-state index contributed by atoms with van der Waals surface area (Å²) in [5, 5.41) is 3.72. The van der Waals surface area contributed by atoms with E-state index in [0.717, 1.165) is 31.2 Å². The highest BCUT2D eigenvalue weighted by molar-refractivity contribution is 5.61. The zero-order chi connectivity index (χ0) is 15.4. The Kier molecular flexibility index (Phi) is 5.51. The Bertz CT molecular complexity index is 459. The molecule has 1 aromatic carbocycles. The van der Waals surface area contributed by atoms with Crippen molar-refractivity contribution in [3.8, 4) is 5.75 Å². The fraction of sp³-hybridized carbons (Fsp3) is 0.667. The van der Waals surface area contributed by atoms with E-state index in [-0.39, 0.29) is 0 Å². The number of hydrogen-bond acceptors (Lipinski definition) is 3. The van der Waals surface area contributed by atoms with E-state index in [1.165, 1.54) is 17.7 Å². The first-order chi connectivity index (χ1) is 10.0. The number of nitrogens with one attached hydrogen (secondary N) is 1. The fourth-order valence-electron chi connectivity index (χ4n) is 3.28. The smallest absolute Gasteiger partial charge is 0.142 e. The van der Waals surface area contributed by atoms with E-state index >= 15 is 0 Å². The van der Waals surface area contributed by atoms with Gasteiger partial charge in [-0.15, -0.1) is 0 Å². The van der Waals surface area contributed by atoms with Crippen LogP contribution in [0.25, 0.3) is 0 Å². The first kappa shape index (κ1) is 16.2. The van der Waals surface area contributed by atoms with Crippen LogP contribution in [0.5, 0.6) is 5.75 Å². The number of hydrogen-bond donors (Lipinski definition) is 1. The Morgan fingerprint density at radius 3 is 2.76 bits per heavy atom. The number of methoxy groups -OCH3 is 1. The van der Waals surface area contributed by atoms with Gasteiger partial charge >= 0.3 is 0 Å². The van der Waals surface area contributed by atoms with Crippen LogP contribution in [0, 0.1) is 12.8 Å². The lowest BCUT2D eigenvalue weighted by atomic mass is 9.98. The lowest BCUT2D eigenvalue weighted by Crippen LogP contribution is -2.56. The Labute approximate surface area is 129 Å². The number of aryl methyl sites for hydroxylation is 1. The highest BCUT2D eigenvalue weighted by atomic mass is 16.5. The summed E-state index contributed by atoms with van der Waals surface area (Å²) in [6.45, 7) is 11.1. The van der Waals surface area contributed by atoms with Crippen LogP contribution < -0.4 is 15.0 Å². The second-order valence-electron chi connectivity index (χ2n) is 6.62. The lowest BCUT2D eigenvalue weighted by Gasteiger charge is -2.42. The summed E-state index contributed by atoms with van der Waals surface area (Å²) < 4.78 is 5.60. The predicted molar refractivity (Wildman–Crippen MR) is 90.4 cm³/mol. The fourth-order valence-corrected chi connectivity index (χ4v) is 3.28. The van der Waals surface area contributed by atoms with Crippen molar-refractivity contribution in [2.24, 2.45) is 5.92 Å². The van der Waals surface area contributed by atoms with Gasteiger partial charge < -0.3 is 15.0 Å². The maximum Gasteiger partial charge on any atom is 0.142 e. The third kappa shape index (κ3) is 3.91. The van der Waals surface area contributed by atoms with Gasteiger partial charge in [-0.05, 0) is 43.4 Å². The third-order valence-electron chi connectivity index (χ3n) is 4.37. The van der Waals surface area contributed by atoms with Gasteiger partial charge in [-0.25, -0.2) is 0 Å². The van der Waals surface area contributed by atoms with Crippen molar-refractivity contribution in [2.45, 2.75) is 52.6 Å². The van der Waals surface area contributed by atoms with Crippen LogP contribution in [0.4, 0.5) is 5.69 Å². The summed E-state index contributed by atoms with van der Waals surface area (Å²) in [7, 11) is 1.77. The SMILES string of the molecule is CCC1CNC(CC(C)C)CN1c1cc(C)ccc1OC. The highest BCUT2D eigenvalue weighted by Gasteiger charge is 2.28. The van der Waals surface area contributed by atoms with Crippen LogP contribution in [-0.2, 0) is 0 Å². The molecule has 2 unspecified atom stereocenters. The average Bonchev–Trinajstić information content (AvgIpc) is 2.46. The van der Waals surface area contributed by atoms with Crippen LogP contribution in [0.1, 0.15) is 39.2 Å². The molecule has 1 heterocycles. The standard InChI is InChI=1S/C18H30N2O/c1-6-16-11-19-15(9-13(2)3)12-20(16)17-10-14(4)7-8-18(17)21-5/h7-8,10,13,15-16,19H,6,9,11-12H2,1-5H3. The quantitative estimate of drug-likeness (QED) is 0.896. The summed E-state index contributed by atoms with van der Waals surface area (Å²) in [6.07, 6.45) is 2.37. The first-order valence-corrected chi connectivity index (χ1v) is 8.19. The maximum atomic E-state index is 5.60. The number of ether oxygens (including phenoxy) is 1. The van der Waals surface area contributed by atoms with E-state index < -0.39 is 0 Å². The summed E-state index contributed by atoms with van der Waals surface area (Å²) in [4.78, 5) is 2.55. The van der Waals surface area contributed by atoms with Crippen LogP contribution >= 0.6 is 0 Å². The van der Waals surface area contributed by atoms with Crippen molar-refractivity contribution in [1.82, 2.24) is 5.32 Å². The molecular weight excluding hydrogens is 260 g/mol. The average molecular weight is 290 g/mol. The molecule has 2 rings (SSSR count). The van der Waals surface area contributed by atoms with Gasteiger partial charge in [0.25, 0.3) is 0 Å². The molecule has 21 heavy (non-hydrogen) atoms. The number of piperazine rings is 1. The molecule has 0 radical (unpaired) electrons. The lowest BCUT2D eigenvalue weighted by molar-refractivity contribution is 0.339. The van der Waals surface area contributed by atoms with Crippen molar-refractivity contribution < 1.29 is 4.74 Å². The maximum absolute atomic E-state index is 5.60. The number of nitrogens with zero attached hydrogens (tertiary/aromatic N) is 1. The van der Waals surface area contributed by atoms with Gasteiger partial charge in [0.1, 0.15) is 5.75 Å². The van der Waals surface area contributed by atoms with E-state index in [1.807, 2.05) is 0 Å². The zero-order valence-electron chi connectivity index (χ0n) is 14.1. The van der Waals surface area contributed by atoms with E-state index in [2.05, 4.69) is 56.1 Å². The minimum absolute atomic E-state index is 0.545. The molecule has 118 valence electrons. The molecule has 3 nitrogen and oxygen atoms in total. The molecule has 0 aromatic heterocycles. The zero-order valence-corrected chi connectivity index (χ0v) is 14.1. The molecule has 0 amide bonds. The van der Waals surface area contributed by atoms with Crippen LogP contribution in [0.2, 0.25) is 0 Å². The van der Waals surface area contributed by atoms with Gasteiger partial charge in [-0.2, -0.15) is 0 Å². The van der Waals surface area contributed by atoms with Crippen molar-refractivity contribution in [2.75, 3.05) is 25.1 Å². The number of rotatable bonds is 5. The number of anilines is 1. The Morgan fingerprint density at radius 2 is 2.14 bits per heavy atom. The van der Waals surface area contributed by atoms with E-state index in [0.29, 0.717) is 12.1 Å². The Balaban J connectivity index is 2.26. The molecule has 1 N–H and O–H groups in total. The Morgan fingerprint density at radius 1 is 1.38 bits per heavy atom. The van der Waals surface area contributed by atoms with E-state index in [4.69, 9.17) is 4.74 Å². The summed E-state index contributed by atoms with van der Waals surface area (Å²) in [5.41, 5.74) is 2.54. The first-order valence-electron chi connectivity index (χ1n) is 8.19. The van der Waals surface area contributed by atoms with Gasteiger partial charge in [0, 0.05) is 25.2 Å². The van der Waals surface area contributed by atoms with Gasteiger partial charge in [0.15, 0.2) is 0 Å².